The van der Waals surface area contributed by atoms with Crippen molar-refractivity contribution in [1.82, 2.24) is 0 Å². The van der Waals surface area contributed by atoms with E-state index >= 15 is 0 Å². The monoisotopic (exact) mass is 284 g/mol. The standard InChI is InChI=1S/C17H20N2O2/c1-3-11-21-16-10-9-14(17(20)12-16)13-18-19(2)15-7-5-4-6-8-15/h4-10,12-13,20H,3,11H2,1-2H3/b18-13+. The van der Waals surface area contributed by atoms with Crippen LogP contribution in [0.1, 0.15) is 18.9 Å². The Morgan fingerprint density at radius 3 is 2.62 bits per heavy atom. The van der Waals surface area contributed by atoms with Crippen molar-refractivity contribution >= 4 is 11.9 Å². The summed E-state index contributed by atoms with van der Waals surface area (Å²) in [6.07, 6.45) is 2.57. The molecular weight excluding hydrogens is 264 g/mol. The molecule has 0 bridgehead atoms. The maximum Gasteiger partial charge on any atom is 0.128 e. The summed E-state index contributed by atoms with van der Waals surface area (Å²) in [6.45, 7) is 2.68. The first kappa shape index (κ1) is 14.9. The van der Waals surface area contributed by atoms with Crippen LogP contribution in [0.2, 0.25) is 0 Å². The lowest BCUT2D eigenvalue weighted by Crippen LogP contribution is -2.08. The molecule has 0 heterocycles. The first-order chi connectivity index (χ1) is 10.2. The number of para-hydroxylation sites is 1. The van der Waals surface area contributed by atoms with Crippen molar-refractivity contribution in [3.05, 3.63) is 54.1 Å². The number of hydrazone groups is 1. The molecule has 0 atom stereocenters. The Balaban J connectivity index is 2.07. The molecule has 0 spiro atoms. The van der Waals surface area contributed by atoms with E-state index < -0.39 is 0 Å². The molecule has 0 saturated carbocycles. The van der Waals surface area contributed by atoms with Crippen molar-refractivity contribution in [1.29, 1.82) is 0 Å². The first-order valence-corrected chi connectivity index (χ1v) is 6.99. The van der Waals surface area contributed by atoms with Gasteiger partial charge >= 0.3 is 0 Å². The second-order valence-corrected chi connectivity index (χ2v) is 4.67. The van der Waals surface area contributed by atoms with E-state index in [4.69, 9.17) is 4.74 Å². The van der Waals surface area contributed by atoms with Gasteiger partial charge in [0, 0.05) is 18.7 Å². The average Bonchev–Trinajstić information content (AvgIpc) is 2.52. The molecule has 4 heteroatoms. The lowest BCUT2D eigenvalue weighted by atomic mass is 10.2. The van der Waals surface area contributed by atoms with Gasteiger partial charge in [-0.25, -0.2) is 0 Å². The third-order valence-corrected chi connectivity index (χ3v) is 2.97. The zero-order chi connectivity index (χ0) is 15.1. The first-order valence-electron chi connectivity index (χ1n) is 6.99. The molecule has 0 aromatic heterocycles. The predicted molar refractivity (Wildman–Crippen MR) is 86.3 cm³/mol. The highest BCUT2D eigenvalue weighted by atomic mass is 16.5. The van der Waals surface area contributed by atoms with E-state index in [9.17, 15) is 5.11 Å². The molecule has 1 N–H and O–H groups in total. The molecule has 110 valence electrons. The molecular formula is C17H20N2O2. The minimum atomic E-state index is 0.161. The summed E-state index contributed by atoms with van der Waals surface area (Å²) in [7, 11) is 1.86. The van der Waals surface area contributed by atoms with E-state index in [1.165, 1.54) is 0 Å². The fourth-order valence-electron chi connectivity index (χ4n) is 1.80. The smallest absolute Gasteiger partial charge is 0.128 e. The largest absolute Gasteiger partial charge is 0.507 e. The lowest BCUT2D eigenvalue weighted by molar-refractivity contribution is 0.315. The minimum absolute atomic E-state index is 0.161. The Bertz CT molecular complexity index is 597. The predicted octanol–water partition coefficient (Wildman–Crippen LogP) is 3.65. The molecule has 0 radical (unpaired) electrons. The highest BCUT2D eigenvalue weighted by Gasteiger charge is 2.02. The highest BCUT2D eigenvalue weighted by Crippen LogP contribution is 2.22. The van der Waals surface area contributed by atoms with Gasteiger partial charge in [0.1, 0.15) is 11.5 Å². The van der Waals surface area contributed by atoms with Gasteiger partial charge in [-0.15, -0.1) is 0 Å². The number of phenols is 1. The number of hydrogen-bond donors (Lipinski definition) is 1. The molecule has 0 fully saturated rings. The van der Waals surface area contributed by atoms with Gasteiger partial charge in [-0.3, -0.25) is 5.01 Å². The van der Waals surface area contributed by atoms with E-state index in [-0.39, 0.29) is 5.75 Å². The Kier molecular flexibility index (Phi) is 5.21. The van der Waals surface area contributed by atoms with E-state index in [1.54, 1.807) is 23.4 Å². The summed E-state index contributed by atoms with van der Waals surface area (Å²) >= 11 is 0. The van der Waals surface area contributed by atoms with Gasteiger partial charge in [-0.05, 0) is 30.7 Å². The van der Waals surface area contributed by atoms with Crippen LogP contribution in [0.15, 0.2) is 53.6 Å². The summed E-state index contributed by atoms with van der Waals surface area (Å²) < 4.78 is 5.47. The van der Waals surface area contributed by atoms with Crippen molar-refractivity contribution in [2.45, 2.75) is 13.3 Å². The normalized spacial score (nSPS) is 10.8. The zero-order valence-corrected chi connectivity index (χ0v) is 12.4. The van der Waals surface area contributed by atoms with Crippen LogP contribution >= 0.6 is 0 Å². The van der Waals surface area contributed by atoms with E-state index in [0.717, 1.165) is 12.1 Å². The lowest BCUT2D eigenvalue weighted by Gasteiger charge is -2.12. The highest BCUT2D eigenvalue weighted by molar-refractivity contribution is 5.84. The SMILES string of the molecule is CCCOc1ccc(/C=N/N(C)c2ccccc2)c(O)c1. The zero-order valence-electron chi connectivity index (χ0n) is 12.4. The van der Waals surface area contributed by atoms with Crippen LogP contribution in [-0.4, -0.2) is 25.0 Å². The quantitative estimate of drug-likeness (QED) is 0.650. The molecule has 0 unspecified atom stereocenters. The molecule has 4 nitrogen and oxygen atoms in total. The van der Waals surface area contributed by atoms with E-state index in [0.29, 0.717) is 17.9 Å². The van der Waals surface area contributed by atoms with Gasteiger partial charge in [-0.2, -0.15) is 5.10 Å². The maximum absolute atomic E-state index is 9.98. The summed E-state index contributed by atoms with van der Waals surface area (Å²) in [4.78, 5) is 0. The van der Waals surface area contributed by atoms with Crippen LogP contribution in [0.4, 0.5) is 5.69 Å². The van der Waals surface area contributed by atoms with Gasteiger partial charge in [0.05, 0.1) is 18.5 Å². The fraction of sp³-hybridized carbons (Fsp3) is 0.235. The Labute approximate surface area is 125 Å². The van der Waals surface area contributed by atoms with Crippen molar-refractivity contribution < 1.29 is 9.84 Å². The molecule has 2 rings (SSSR count). The molecule has 0 amide bonds. The average molecular weight is 284 g/mol. The van der Waals surface area contributed by atoms with Gasteiger partial charge in [0.25, 0.3) is 0 Å². The van der Waals surface area contributed by atoms with E-state index in [1.807, 2.05) is 50.4 Å². The summed E-state index contributed by atoms with van der Waals surface area (Å²) in [5.74, 6) is 0.830. The van der Waals surface area contributed by atoms with Gasteiger partial charge in [0.15, 0.2) is 0 Å². The number of rotatable bonds is 6. The number of nitrogens with zero attached hydrogens (tertiary/aromatic N) is 2. The van der Waals surface area contributed by atoms with E-state index in [2.05, 4.69) is 5.10 Å². The Hall–Kier alpha value is -2.49. The van der Waals surface area contributed by atoms with Crippen molar-refractivity contribution in [2.24, 2.45) is 5.10 Å². The van der Waals surface area contributed by atoms with Crippen molar-refractivity contribution in [3.8, 4) is 11.5 Å². The van der Waals surface area contributed by atoms with Crippen LogP contribution in [0, 0.1) is 0 Å². The molecule has 0 aliphatic rings. The third-order valence-electron chi connectivity index (χ3n) is 2.97. The molecule has 21 heavy (non-hydrogen) atoms. The number of benzene rings is 2. The Morgan fingerprint density at radius 1 is 1.19 bits per heavy atom. The van der Waals surface area contributed by atoms with Gasteiger partial charge < -0.3 is 9.84 Å². The second kappa shape index (κ2) is 7.33. The second-order valence-electron chi connectivity index (χ2n) is 4.67. The minimum Gasteiger partial charge on any atom is -0.507 e. The molecule has 0 aliphatic carbocycles. The van der Waals surface area contributed by atoms with Gasteiger partial charge in [0.2, 0.25) is 0 Å². The van der Waals surface area contributed by atoms with Crippen LogP contribution < -0.4 is 9.75 Å². The maximum atomic E-state index is 9.98. The number of ether oxygens (including phenoxy) is 1. The third kappa shape index (κ3) is 4.24. The number of hydrogen-bond acceptors (Lipinski definition) is 4. The number of anilines is 1. The Morgan fingerprint density at radius 2 is 1.95 bits per heavy atom. The van der Waals surface area contributed by atoms with Crippen LogP contribution in [0.3, 0.4) is 0 Å². The van der Waals surface area contributed by atoms with Crippen molar-refractivity contribution in [2.75, 3.05) is 18.7 Å². The summed E-state index contributed by atoms with van der Waals surface area (Å²) in [6, 6.07) is 15.1. The summed E-state index contributed by atoms with van der Waals surface area (Å²) in [5.41, 5.74) is 1.64. The van der Waals surface area contributed by atoms with Gasteiger partial charge in [-0.1, -0.05) is 25.1 Å². The van der Waals surface area contributed by atoms with Crippen LogP contribution in [0.5, 0.6) is 11.5 Å². The number of aromatic hydroxyl groups is 1. The number of phenolic OH excluding ortho intramolecular Hbond substituents is 1. The van der Waals surface area contributed by atoms with Crippen molar-refractivity contribution in [3.63, 3.8) is 0 Å². The molecule has 0 aliphatic heterocycles. The topological polar surface area (TPSA) is 45.1 Å². The van der Waals surface area contributed by atoms with Crippen LogP contribution in [-0.2, 0) is 0 Å². The molecule has 2 aromatic rings. The molecule has 0 saturated heterocycles. The molecule has 2 aromatic carbocycles. The van der Waals surface area contributed by atoms with Crippen LogP contribution in [0.25, 0.3) is 0 Å². The fourth-order valence-corrected chi connectivity index (χ4v) is 1.80. The summed E-state index contributed by atoms with van der Waals surface area (Å²) in [5, 5.41) is 16.1.